The van der Waals surface area contributed by atoms with Crippen molar-refractivity contribution < 1.29 is 14.0 Å². The Hall–Kier alpha value is -2.47. The van der Waals surface area contributed by atoms with Crippen LogP contribution in [0.4, 0.5) is 10.1 Å². The zero-order chi connectivity index (χ0) is 17.5. The Kier molecular flexibility index (Phi) is 6.26. The van der Waals surface area contributed by atoms with Crippen LogP contribution in [0.3, 0.4) is 0 Å². The molecule has 0 saturated heterocycles. The first-order valence-electron chi connectivity index (χ1n) is 7.35. The number of nitrogens with one attached hydrogen (secondary N) is 1. The summed E-state index contributed by atoms with van der Waals surface area (Å²) in [5.41, 5.74) is 1.35. The second kappa shape index (κ2) is 8.40. The molecule has 0 saturated carbocycles. The van der Waals surface area contributed by atoms with Gasteiger partial charge in [-0.25, -0.2) is 4.39 Å². The van der Waals surface area contributed by atoms with Crippen molar-refractivity contribution in [2.24, 2.45) is 0 Å². The summed E-state index contributed by atoms with van der Waals surface area (Å²) in [6, 6.07) is 7.59. The maximum Gasteiger partial charge on any atom is 0.226 e. The normalized spacial score (nSPS) is 10.3. The third kappa shape index (κ3) is 5.31. The van der Waals surface area contributed by atoms with Crippen molar-refractivity contribution in [1.29, 1.82) is 0 Å². The van der Waals surface area contributed by atoms with E-state index in [1.54, 1.807) is 17.3 Å². The van der Waals surface area contributed by atoms with Gasteiger partial charge in [0.2, 0.25) is 11.8 Å². The van der Waals surface area contributed by atoms with Crippen LogP contribution in [0.5, 0.6) is 0 Å². The van der Waals surface area contributed by atoms with E-state index < -0.39 is 5.82 Å². The molecule has 0 unspecified atom stereocenters. The Labute approximate surface area is 144 Å². The zero-order valence-electron chi connectivity index (χ0n) is 13.1. The molecule has 1 aromatic heterocycles. The standard InChI is InChI=1S/C17H17ClFN3O2/c1-12(23)22(11-13-4-7-20-8-5-13)9-6-17(24)21-14-2-3-16(19)15(18)10-14/h2-5,7-8,10H,6,9,11H2,1H3,(H,21,24). The van der Waals surface area contributed by atoms with E-state index >= 15 is 0 Å². The average molecular weight is 350 g/mol. The predicted molar refractivity (Wildman–Crippen MR) is 90.0 cm³/mol. The van der Waals surface area contributed by atoms with Gasteiger partial charge in [-0.1, -0.05) is 11.6 Å². The van der Waals surface area contributed by atoms with Crippen LogP contribution < -0.4 is 5.32 Å². The quantitative estimate of drug-likeness (QED) is 0.870. The Morgan fingerprint density at radius 2 is 1.96 bits per heavy atom. The minimum atomic E-state index is -0.547. The minimum Gasteiger partial charge on any atom is -0.338 e. The second-order valence-corrected chi connectivity index (χ2v) is 5.63. The molecular weight excluding hydrogens is 333 g/mol. The van der Waals surface area contributed by atoms with Gasteiger partial charge in [-0.3, -0.25) is 14.6 Å². The van der Waals surface area contributed by atoms with Crippen LogP contribution in [0.1, 0.15) is 18.9 Å². The number of carbonyl (C=O) groups excluding carboxylic acids is 2. The minimum absolute atomic E-state index is 0.0594. The van der Waals surface area contributed by atoms with Crippen molar-refractivity contribution in [3.63, 3.8) is 0 Å². The Morgan fingerprint density at radius 1 is 1.25 bits per heavy atom. The molecule has 0 bridgehead atoms. The van der Waals surface area contributed by atoms with Gasteiger partial charge in [0.1, 0.15) is 5.82 Å². The maximum absolute atomic E-state index is 13.1. The van der Waals surface area contributed by atoms with Crippen molar-refractivity contribution >= 4 is 29.1 Å². The van der Waals surface area contributed by atoms with Crippen molar-refractivity contribution in [2.75, 3.05) is 11.9 Å². The summed E-state index contributed by atoms with van der Waals surface area (Å²) in [5, 5.41) is 2.57. The van der Waals surface area contributed by atoms with Gasteiger partial charge in [-0.15, -0.1) is 0 Å². The lowest BCUT2D eigenvalue weighted by Gasteiger charge is -2.20. The van der Waals surface area contributed by atoms with Crippen LogP contribution >= 0.6 is 11.6 Å². The number of benzene rings is 1. The monoisotopic (exact) mass is 349 g/mol. The smallest absolute Gasteiger partial charge is 0.226 e. The Morgan fingerprint density at radius 3 is 2.58 bits per heavy atom. The number of hydrogen-bond acceptors (Lipinski definition) is 3. The molecule has 126 valence electrons. The van der Waals surface area contributed by atoms with Gasteiger partial charge >= 0.3 is 0 Å². The van der Waals surface area contributed by atoms with Crippen LogP contribution in [0.2, 0.25) is 5.02 Å². The highest BCUT2D eigenvalue weighted by atomic mass is 35.5. The third-order valence-corrected chi connectivity index (χ3v) is 3.67. The molecule has 0 fully saturated rings. The molecule has 2 aromatic rings. The highest BCUT2D eigenvalue weighted by Crippen LogP contribution is 2.19. The lowest BCUT2D eigenvalue weighted by molar-refractivity contribution is -0.129. The van der Waals surface area contributed by atoms with Crippen LogP contribution in [0.25, 0.3) is 0 Å². The molecule has 1 heterocycles. The summed E-state index contributed by atoms with van der Waals surface area (Å²) in [7, 11) is 0. The highest BCUT2D eigenvalue weighted by Gasteiger charge is 2.12. The number of pyridine rings is 1. The number of carbonyl (C=O) groups is 2. The highest BCUT2D eigenvalue weighted by molar-refractivity contribution is 6.31. The van der Waals surface area contributed by atoms with Crippen molar-refractivity contribution in [1.82, 2.24) is 9.88 Å². The van der Waals surface area contributed by atoms with E-state index in [9.17, 15) is 14.0 Å². The first kappa shape index (κ1) is 17.9. The summed E-state index contributed by atoms with van der Waals surface area (Å²) >= 11 is 5.67. The molecule has 1 N–H and O–H groups in total. The summed E-state index contributed by atoms with van der Waals surface area (Å²) in [6.07, 6.45) is 3.43. The van der Waals surface area contributed by atoms with Gasteiger partial charge in [-0.05, 0) is 35.9 Å². The molecule has 7 heteroatoms. The Bertz CT molecular complexity index is 725. The third-order valence-electron chi connectivity index (χ3n) is 3.38. The summed E-state index contributed by atoms with van der Waals surface area (Å²) < 4.78 is 13.1. The molecule has 2 amide bonds. The van der Waals surface area contributed by atoms with Crippen molar-refractivity contribution in [3.05, 3.63) is 59.1 Å². The predicted octanol–water partition coefficient (Wildman–Crippen LogP) is 3.25. The van der Waals surface area contributed by atoms with Crippen LogP contribution in [-0.2, 0) is 16.1 Å². The Balaban J connectivity index is 1.90. The SMILES string of the molecule is CC(=O)N(CCC(=O)Nc1ccc(F)c(Cl)c1)Cc1ccncc1. The molecule has 0 spiro atoms. The van der Waals surface area contributed by atoms with E-state index in [1.807, 2.05) is 12.1 Å². The van der Waals surface area contributed by atoms with E-state index in [0.29, 0.717) is 12.2 Å². The largest absolute Gasteiger partial charge is 0.338 e. The van der Waals surface area contributed by atoms with Crippen LogP contribution in [-0.4, -0.2) is 28.2 Å². The van der Waals surface area contributed by atoms with E-state index in [-0.39, 0.29) is 29.8 Å². The van der Waals surface area contributed by atoms with Gasteiger partial charge < -0.3 is 10.2 Å². The fraction of sp³-hybridized carbons (Fsp3) is 0.235. The second-order valence-electron chi connectivity index (χ2n) is 5.22. The van der Waals surface area contributed by atoms with E-state index in [2.05, 4.69) is 10.3 Å². The topological polar surface area (TPSA) is 62.3 Å². The molecule has 0 aliphatic carbocycles. The maximum atomic E-state index is 13.1. The molecule has 1 aromatic carbocycles. The van der Waals surface area contributed by atoms with Gasteiger partial charge in [0.15, 0.2) is 0 Å². The number of halogens is 2. The number of anilines is 1. The molecule has 0 radical (unpaired) electrons. The first-order chi connectivity index (χ1) is 11.5. The summed E-state index contributed by atoms with van der Waals surface area (Å²) in [4.78, 5) is 29.2. The summed E-state index contributed by atoms with van der Waals surface area (Å²) in [5.74, 6) is -0.946. The van der Waals surface area contributed by atoms with Gasteiger partial charge in [0.05, 0.1) is 5.02 Å². The van der Waals surface area contributed by atoms with E-state index in [0.717, 1.165) is 5.56 Å². The number of hydrogen-bond donors (Lipinski definition) is 1. The van der Waals surface area contributed by atoms with Crippen molar-refractivity contribution in [2.45, 2.75) is 19.9 Å². The molecular formula is C17H17ClFN3O2. The molecule has 0 aliphatic rings. The first-order valence-corrected chi connectivity index (χ1v) is 7.73. The lowest BCUT2D eigenvalue weighted by Crippen LogP contribution is -2.31. The molecule has 24 heavy (non-hydrogen) atoms. The van der Waals surface area contributed by atoms with Crippen LogP contribution in [0.15, 0.2) is 42.7 Å². The summed E-state index contributed by atoms with van der Waals surface area (Å²) in [6.45, 7) is 2.14. The number of aromatic nitrogens is 1. The average Bonchev–Trinajstić information content (AvgIpc) is 2.55. The van der Waals surface area contributed by atoms with Crippen LogP contribution in [0, 0.1) is 5.82 Å². The molecule has 0 atom stereocenters. The van der Waals surface area contributed by atoms with E-state index in [4.69, 9.17) is 11.6 Å². The lowest BCUT2D eigenvalue weighted by atomic mass is 10.2. The number of nitrogens with zero attached hydrogens (tertiary/aromatic N) is 2. The molecule has 0 aliphatic heterocycles. The molecule has 2 rings (SSSR count). The fourth-order valence-electron chi connectivity index (χ4n) is 2.09. The van der Waals surface area contributed by atoms with Crippen molar-refractivity contribution in [3.8, 4) is 0 Å². The van der Waals surface area contributed by atoms with Gasteiger partial charge in [0, 0.05) is 44.5 Å². The fourth-order valence-corrected chi connectivity index (χ4v) is 2.27. The molecule has 5 nitrogen and oxygen atoms in total. The van der Waals surface area contributed by atoms with E-state index in [1.165, 1.54) is 25.1 Å². The van der Waals surface area contributed by atoms with Gasteiger partial charge in [-0.2, -0.15) is 0 Å². The number of rotatable bonds is 6. The number of amides is 2. The zero-order valence-corrected chi connectivity index (χ0v) is 13.9. The van der Waals surface area contributed by atoms with Gasteiger partial charge in [0.25, 0.3) is 0 Å².